The van der Waals surface area contributed by atoms with E-state index in [0.717, 1.165) is 5.56 Å². The normalized spacial score (nSPS) is 15.9. The third-order valence-electron chi connectivity index (χ3n) is 2.99. The minimum absolute atomic E-state index is 0.0960. The molecule has 3 atom stereocenters. The molecule has 0 spiro atoms. The van der Waals surface area contributed by atoms with E-state index in [1.54, 1.807) is 19.1 Å². The third-order valence-corrected chi connectivity index (χ3v) is 2.99. The summed E-state index contributed by atoms with van der Waals surface area (Å²) in [5, 5.41) is 12.6. The molecule has 4 nitrogen and oxygen atoms in total. The SMILES string of the molecule is COc1ccc(C(CN)NC(C)CC(C)O)cc1F. The summed E-state index contributed by atoms with van der Waals surface area (Å²) in [4.78, 5) is 0. The van der Waals surface area contributed by atoms with Crippen molar-refractivity contribution in [2.45, 2.75) is 38.5 Å². The van der Waals surface area contributed by atoms with E-state index in [1.807, 2.05) is 6.92 Å². The van der Waals surface area contributed by atoms with Crippen molar-refractivity contribution < 1.29 is 14.2 Å². The lowest BCUT2D eigenvalue weighted by Crippen LogP contribution is -2.36. The van der Waals surface area contributed by atoms with Gasteiger partial charge in [0.25, 0.3) is 0 Å². The number of ether oxygens (including phenoxy) is 1. The van der Waals surface area contributed by atoms with E-state index in [9.17, 15) is 9.50 Å². The van der Waals surface area contributed by atoms with Gasteiger partial charge in [0.1, 0.15) is 0 Å². The molecule has 1 aromatic rings. The Hall–Kier alpha value is -1.17. The van der Waals surface area contributed by atoms with Gasteiger partial charge in [0.05, 0.1) is 13.2 Å². The molecule has 1 aromatic carbocycles. The zero-order valence-corrected chi connectivity index (χ0v) is 11.7. The number of aliphatic hydroxyl groups is 1. The molecule has 0 fully saturated rings. The molecular formula is C14H23FN2O2. The van der Waals surface area contributed by atoms with E-state index in [2.05, 4.69) is 5.32 Å². The van der Waals surface area contributed by atoms with Crippen LogP contribution >= 0.6 is 0 Å². The Labute approximate surface area is 113 Å². The van der Waals surface area contributed by atoms with E-state index < -0.39 is 5.82 Å². The van der Waals surface area contributed by atoms with Crippen molar-refractivity contribution in [2.75, 3.05) is 13.7 Å². The van der Waals surface area contributed by atoms with E-state index in [0.29, 0.717) is 13.0 Å². The topological polar surface area (TPSA) is 67.5 Å². The van der Waals surface area contributed by atoms with Crippen molar-refractivity contribution in [1.29, 1.82) is 0 Å². The highest BCUT2D eigenvalue weighted by Crippen LogP contribution is 2.22. The Morgan fingerprint density at radius 3 is 2.58 bits per heavy atom. The van der Waals surface area contributed by atoms with Crippen LogP contribution < -0.4 is 15.8 Å². The Morgan fingerprint density at radius 1 is 1.42 bits per heavy atom. The number of methoxy groups -OCH3 is 1. The molecule has 1 rings (SSSR count). The average molecular weight is 270 g/mol. The Morgan fingerprint density at radius 2 is 2.11 bits per heavy atom. The van der Waals surface area contributed by atoms with Gasteiger partial charge in [-0.15, -0.1) is 0 Å². The van der Waals surface area contributed by atoms with Crippen molar-refractivity contribution in [3.05, 3.63) is 29.6 Å². The number of rotatable bonds is 7. The van der Waals surface area contributed by atoms with Gasteiger partial charge in [-0.25, -0.2) is 4.39 Å². The van der Waals surface area contributed by atoms with Crippen LogP contribution in [0.15, 0.2) is 18.2 Å². The standard InChI is InChI=1S/C14H23FN2O2/c1-9(6-10(2)18)17-13(8-16)11-4-5-14(19-3)12(15)7-11/h4-5,7,9-10,13,17-18H,6,8,16H2,1-3H3. The van der Waals surface area contributed by atoms with E-state index in [4.69, 9.17) is 10.5 Å². The molecule has 3 unspecified atom stereocenters. The number of benzene rings is 1. The summed E-state index contributed by atoms with van der Waals surface area (Å²) in [5.74, 6) is -0.181. The molecule has 0 radical (unpaired) electrons. The van der Waals surface area contributed by atoms with Gasteiger partial charge in [-0.1, -0.05) is 6.07 Å². The van der Waals surface area contributed by atoms with Crippen LogP contribution in [0.2, 0.25) is 0 Å². The molecule has 0 aliphatic heterocycles. The molecule has 0 aliphatic rings. The van der Waals surface area contributed by atoms with Crippen molar-refractivity contribution in [3.8, 4) is 5.75 Å². The highest BCUT2D eigenvalue weighted by Gasteiger charge is 2.16. The number of hydrogen-bond donors (Lipinski definition) is 3. The number of hydrogen-bond acceptors (Lipinski definition) is 4. The fourth-order valence-corrected chi connectivity index (χ4v) is 2.12. The van der Waals surface area contributed by atoms with Crippen molar-refractivity contribution in [2.24, 2.45) is 5.73 Å². The fourth-order valence-electron chi connectivity index (χ4n) is 2.12. The van der Waals surface area contributed by atoms with E-state index in [1.165, 1.54) is 13.2 Å². The van der Waals surface area contributed by atoms with Gasteiger partial charge in [-0.05, 0) is 38.0 Å². The molecule has 0 saturated carbocycles. The van der Waals surface area contributed by atoms with Gasteiger partial charge < -0.3 is 20.9 Å². The maximum atomic E-state index is 13.7. The van der Waals surface area contributed by atoms with E-state index in [-0.39, 0.29) is 23.9 Å². The van der Waals surface area contributed by atoms with Crippen LogP contribution in [-0.2, 0) is 0 Å². The number of nitrogens with two attached hydrogens (primary N) is 1. The minimum atomic E-state index is -0.400. The van der Waals surface area contributed by atoms with Crippen LogP contribution in [0.5, 0.6) is 5.75 Å². The summed E-state index contributed by atoms with van der Waals surface area (Å²) in [6.07, 6.45) is 0.239. The van der Waals surface area contributed by atoms with Gasteiger partial charge in [0.2, 0.25) is 0 Å². The van der Waals surface area contributed by atoms with Gasteiger partial charge in [0, 0.05) is 18.6 Å². The molecule has 0 aromatic heterocycles. The number of halogens is 1. The summed E-state index contributed by atoms with van der Waals surface area (Å²) in [6.45, 7) is 4.06. The number of aliphatic hydroxyl groups excluding tert-OH is 1. The van der Waals surface area contributed by atoms with E-state index >= 15 is 0 Å². The van der Waals surface area contributed by atoms with Crippen LogP contribution in [0.3, 0.4) is 0 Å². The first-order valence-electron chi connectivity index (χ1n) is 6.45. The zero-order valence-electron chi connectivity index (χ0n) is 11.7. The Bertz CT molecular complexity index is 399. The first kappa shape index (κ1) is 15.9. The van der Waals surface area contributed by atoms with Gasteiger partial charge in [-0.2, -0.15) is 0 Å². The smallest absolute Gasteiger partial charge is 0.165 e. The largest absolute Gasteiger partial charge is 0.494 e. The van der Waals surface area contributed by atoms with Crippen molar-refractivity contribution >= 4 is 0 Å². The molecule has 4 N–H and O–H groups in total. The highest BCUT2D eigenvalue weighted by atomic mass is 19.1. The molecule has 5 heteroatoms. The molecule has 0 bridgehead atoms. The molecule has 0 saturated heterocycles. The van der Waals surface area contributed by atoms with Crippen LogP contribution in [0.4, 0.5) is 4.39 Å². The molecule has 19 heavy (non-hydrogen) atoms. The van der Waals surface area contributed by atoms with Crippen LogP contribution in [0.25, 0.3) is 0 Å². The second-order valence-corrected chi connectivity index (χ2v) is 4.83. The maximum Gasteiger partial charge on any atom is 0.165 e. The van der Waals surface area contributed by atoms with Gasteiger partial charge in [-0.3, -0.25) is 0 Å². The van der Waals surface area contributed by atoms with Gasteiger partial charge in [0.15, 0.2) is 11.6 Å². The summed E-state index contributed by atoms with van der Waals surface area (Å²) >= 11 is 0. The molecule has 0 amide bonds. The summed E-state index contributed by atoms with van der Waals surface area (Å²) in [7, 11) is 1.43. The lowest BCUT2D eigenvalue weighted by atomic mass is 10.0. The first-order chi connectivity index (χ1) is 8.97. The van der Waals surface area contributed by atoms with Gasteiger partial charge >= 0.3 is 0 Å². The predicted octanol–water partition coefficient (Wildman–Crippen LogP) is 1.58. The zero-order chi connectivity index (χ0) is 14.4. The first-order valence-corrected chi connectivity index (χ1v) is 6.45. The second kappa shape index (κ2) is 7.43. The lowest BCUT2D eigenvalue weighted by Gasteiger charge is -2.23. The monoisotopic (exact) mass is 270 g/mol. The van der Waals surface area contributed by atoms with Crippen LogP contribution in [-0.4, -0.2) is 30.9 Å². The molecular weight excluding hydrogens is 247 g/mol. The quantitative estimate of drug-likeness (QED) is 0.704. The molecule has 0 aliphatic carbocycles. The van der Waals surface area contributed by atoms with Crippen LogP contribution in [0, 0.1) is 5.82 Å². The second-order valence-electron chi connectivity index (χ2n) is 4.83. The fraction of sp³-hybridized carbons (Fsp3) is 0.571. The minimum Gasteiger partial charge on any atom is -0.494 e. The summed E-state index contributed by atoms with van der Waals surface area (Å²) in [5.41, 5.74) is 6.50. The molecule has 0 heterocycles. The van der Waals surface area contributed by atoms with Crippen LogP contribution in [0.1, 0.15) is 31.9 Å². The van der Waals surface area contributed by atoms with Crippen molar-refractivity contribution in [1.82, 2.24) is 5.32 Å². The predicted molar refractivity (Wildman–Crippen MR) is 73.6 cm³/mol. The molecule has 108 valence electrons. The highest BCUT2D eigenvalue weighted by molar-refractivity contribution is 5.31. The summed E-state index contributed by atoms with van der Waals surface area (Å²) < 4.78 is 18.5. The number of nitrogens with one attached hydrogen (secondary N) is 1. The average Bonchev–Trinajstić information content (AvgIpc) is 2.35. The maximum absolute atomic E-state index is 13.7. The Kier molecular flexibility index (Phi) is 6.21. The third kappa shape index (κ3) is 4.78. The summed E-state index contributed by atoms with van der Waals surface area (Å²) in [6, 6.07) is 4.77. The lowest BCUT2D eigenvalue weighted by molar-refractivity contribution is 0.168. The Balaban J connectivity index is 2.76. The van der Waals surface area contributed by atoms with Crippen molar-refractivity contribution in [3.63, 3.8) is 0 Å².